The molecule has 2 aromatic rings. The number of halogens is 1. The molecule has 1 amide bonds. The zero-order valence-electron chi connectivity index (χ0n) is 16.1. The number of fused-ring (bicyclic) bond motifs is 2. The van der Waals surface area contributed by atoms with Gasteiger partial charge in [-0.05, 0) is 43.0 Å². The van der Waals surface area contributed by atoms with Gasteiger partial charge in [0, 0.05) is 30.5 Å². The number of nitrogens with zero attached hydrogens (tertiary/aromatic N) is 2. The van der Waals surface area contributed by atoms with Crippen LogP contribution in [0, 0.1) is 17.1 Å². The summed E-state index contributed by atoms with van der Waals surface area (Å²) in [6.45, 7) is 0.193. The van der Waals surface area contributed by atoms with Crippen LogP contribution >= 0.6 is 0 Å². The molecular weight excluding hydrogens is 371 g/mol. The molecule has 2 aliphatic heterocycles. The standard InChI is InChI=1S/C23H23FN2O3/c24-21-10-9-17(14-25)11-20(21)23(28)12-18-7-4-8-19(13-23)26(18)22(27)29-15-16-5-2-1-3-6-16/h1-3,5-6,9-11,18-19,28H,4,7-8,12-13,15H2. The number of nitriles is 1. The molecule has 0 saturated carbocycles. The molecule has 0 aliphatic carbocycles. The molecule has 2 bridgehead atoms. The Labute approximate surface area is 169 Å². The van der Waals surface area contributed by atoms with Gasteiger partial charge in [-0.25, -0.2) is 9.18 Å². The average Bonchev–Trinajstić information content (AvgIpc) is 2.72. The normalized spacial score (nSPS) is 25.9. The first kappa shape index (κ1) is 19.4. The van der Waals surface area contributed by atoms with E-state index in [9.17, 15) is 14.3 Å². The Morgan fingerprint density at radius 1 is 1.21 bits per heavy atom. The Kier molecular flexibility index (Phi) is 5.25. The highest BCUT2D eigenvalue weighted by molar-refractivity contribution is 5.69. The van der Waals surface area contributed by atoms with Gasteiger partial charge < -0.3 is 14.7 Å². The highest BCUT2D eigenvalue weighted by Gasteiger charge is 2.49. The van der Waals surface area contributed by atoms with Gasteiger partial charge in [0.15, 0.2) is 0 Å². The van der Waals surface area contributed by atoms with E-state index in [1.54, 1.807) is 4.90 Å². The third kappa shape index (κ3) is 3.83. The van der Waals surface area contributed by atoms with Gasteiger partial charge in [-0.3, -0.25) is 0 Å². The molecule has 2 saturated heterocycles. The van der Waals surface area contributed by atoms with Gasteiger partial charge in [0.1, 0.15) is 12.4 Å². The van der Waals surface area contributed by atoms with E-state index in [-0.39, 0.29) is 37.1 Å². The van der Waals surface area contributed by atoms with Gasteiger partial charge in [-0.2, -0.15) is 5.26 Å². The highest BCUT2D eigenvalue weighted by Crippen LogP contribution is 2.45. The van der Waals surface area contributed by atoms with Crippen molar-refractivity contribution in [2.45, 2.75) is 56.4 Å². The number of piperidine rings is 2. The molecule has 29 heavy (non-hydrogen) atoms. The largest absolute Gasteiger partial charge is 0.445 e. The third-order valence-corrected chi connectivity index (χ3v) is 6.02. The van der Waals surface area contributed by atoms with Gasteiger partial charge in [0.25, 0.3) is 0 Å². The third-order valence-electron chi connectivity index (χ3n) is 6.02. The summed E-state index contributed by atoms with van der Waals surface area (Å²) in [4.78, 5) is 14.5. The van der Waals surface area contributed by atoms with E-state index in [1.165, 1.54) is 18.2 Å². The Hall–Kier alpha value is -2.91. The van der Waals surface area contributed by atoms with Crippen LogP contribution in [-0.2, 0) is 16.9 Å². The second-order valence-electron chi connectivity index (χ2n) is 7.93. The van der Waals surface area contributed by atoms with Crippen molar-refractivity contribution in [3.05, 3.63) is 71.0 Å². The molecule has 0 aromatic heterocycles. The molecule has 2 fully saturated rings. The fourth-order valence-corrected chi connectivity index (χ4v) is 4.69. The number of carbonyl (C=O) groups excluding carboxylic acids is 1. The van der Waals surface area contributed by atoms with Crippen LogP contribution in [0.1, 0.15) is 48.8 Å². The molecule has 2 unspecified atom stereocenters. The number of ether oxygens (including phenoxy) is 1. The lowest BCUT2D eigenvalue weighted by molar-refractivity contribution is -0.0911. The average molecular weight is 394 g/mol. The van der Waals surface area contributed by atoms with E-state index in [2.05, 4.69) is 0 Å². The number of hydrogen-bond acceptors (Lipinski definition) is 4. The molecular formula is C23H23FN2O3. The Balaban J connectivity index is 1.53. The van der Waals surface area contributed by atoms with Crippen molar-refractivity contribution in [3.8, 4) is 6.07 Å². The predicted octanol–water partition coefficient (Wildman–Crippen LogP) is 4.24. The van der Waals surface area contributed by atoms with E-state index in [0.717, 1.165) is 24.8 Å². The van der Waals surface area contributed by atoms with Crippen LogP contribution in [-0.4, -0.2) is 28.2 Å². The van der Waals surface area contributed by atoms with E-state index in [1.807, 2.05) is 36.4 Å². The summed E-state index contributed by atoms with van der Waals surface area (Å²) in [5, 5.41) is 20.5. The molecule has 0 spiro atoms. The summed E-state index contributed by atoms with van der Waals surface area (Å²) in [6, 6.07) is 15.1. The maximum atomic E-state index is 14.5. The molecule has 0 radical (unpaired) electrons. The molecule has 2 aromatic carbocycles. The zero-order chi connectivity index (χ0) is 20.4. The van der Waals surface area contributed by atoms with Crippen molar-refractivity contribution >= 4 is 6.09 Å². The Morgan fingerprint density at radius 2 is 1.90 bits per heavy atom. The number of benzene rings is 2. The lowest BCUT2D eigenvalue weighted by Crippen LogP contribution is -2.59. The van der Waals surface area contributed by atoms with Crippen LogP contribution in [0.4, 0.5) is 9.18 Å². The second-order valence-corrected chi connectivity index (χ2v) is 7.93. The monoisotopic (exact) mass is 394 g/mol. The van der Waals surface area contributed by atoms with Crippen molar-refractivity contribution in [2.75, 3.05) is 0 Å². The highest BCUT2D eigenvalue weighted by atomic mass is 19.1. The van der Waals surface area contributed by atoms with Crippen LogP contribution in [0.2, 0.25) is 0 Å². The van der Waals surface area contributed by atoms with E-state index >= 15 is 0 Å². The summed E-state index contributed by atoms with van der Waals surface area (Å²) >= 11 is 0. The number of carbonyl (C=O) groups is 1. The van der Waals surface area contributed by atoms with Gasteiger partial charge >= 0.3 is 6.09 Å². The van der Waals surface area contributed by atoms with Crippen molar-refractivity contribution < 1.29 is 19.0 Å². The molecule has 1 N–H and O–H groups in total. The lowest BCUT2D eigenvalue weighted by Gasteiger charge is -2.51. The van der Waals surface area contributed by atoms with Crippen LogP contribution < -0.4 is 0 Å². The molecule has 2 atom stereocenters. The minimum Gasteiger partial charge on any atom is -0.445 e. The van der Waals surface area contributed by atoms with Gasteiger partial charge in [-0.1, -0.05) is 30.3 Å². The quantitative estimate of drug-likeness (QED) is 0.845. The van der Waals surface area contributed by atoms with Crippen LogP contribution in [0.15, 0.2) is 48.5 Å². The van der Waals surface area contributed by atoms with Gasteiger partial charge in [0.2, 0.25) is 0 Å². The Morgan fingerprint density at radius 3 is 2.55 bits per heavy atom. The number of aliphatic hydroxyl groups is 1. The summed E-state index contributed by atoms with van der Waals surface area (Å²) in [6.07, 6.45) is 2.49. The smallest absolute Gasteiger partial charge is 0.410 e. The summed E-state index contributed by atoms with van der Waals surface area (Å²) < 4.78 is 20.0. The maximum Gasteiger partial charge on any atom is 0.410 e. The summed E-state index contributed by atoms with van der Waals surface area (Å²) in [5.41, 5.74) is -0.0338. The Bertz CT molecular complexity index is 927. The minimum absolute atomic E-state index is 0.144. The van der Waals surface area contributed by atoms with Crippen molar-refractivity contribution in [1.82, 2.24) is 4.90 Å². The maximum absolute atomic E-state index is 14.5. The number of amides is 1. The van der Waals surface area contributed by atoms with Crippen LogP contribution in [0.25, 0.3) is 0 Å². The van der Waals surface area contributed by atoms with E-state index in [0.29, 0.717) is 5.56 Å². The first-order valence-corrected chi connectivity index (χ1v) is 9.92. The molecule has 5 nitrogen and oxygen atoms in total. The van der Waals surface area contributed by atoms with Crippen LogP contribution in [0.3, 0.4) is 0 Å². The lowest BCUT2D eigenvalue weighted by atomic mass is 9.72. The van der Waals surface area contributed by atoms with Crippen molar-refractivity contribution in [2.24, 2.45) is 0 Å². The minimum atomic E-state index is -1.40. The zero-order valence-corrected chi connectivity index (χ0v) is 16.1. The SMILES string of the molecule is N#Cc1ccc(F)c(C2(O)CC3CCCC(C2)N3C(=O)OCc2ccccc2)c1. The number of hydrogen-bond donors (Lipinski definition) is 1. The summed E-state index contributed by atoms with van der Waals surface area (Å²) in [7, 11) is 0. The second kappa shape index (κ2) is 7.84. The molecule has 2 heterocycles. The summed E-state index contributed by atoms with van der Waals surface area (Å²) in [5.74, 6) is -0.523. The first-order chi connectivity index (χ1) is 14.0. The molecule has 4 rings (SSSR count). The predicted molar refractivity (Wildman–Crippen MR) is 104 cm³/mol. The number of rotatable bonds is 3. The van der Waals surface area contributed by atoms with Gasteiger partial charge in [0.05, 0.1) is 17.2 Å². The van der Waals surface area contributed by atoms with Gasteiger partial charge in [-0.15, -0.1) is 0 Å². The van der Waals surface area contributed by atoms with Crippen LogP contribution in [0.5, 0.6) is 0 Å². The van der Waals surface area contributed by atoms with E-state index in [4.69, 9.17) is 10.00 Å². The fraction of sp³-hybridized carbons (Fsp3) is 0.391. The first-order valence-electron chi connectivity index (χ1n) is 9.92. The topological polar surface area (TPSA) is 73.6 Å². The molecule has 150 valence electrons. The van der Waals surface area contributed by atoms with E-state index < -0.39 is 17.5 Å². The molecule has 2 aliphatic rings. The van der Waals surface area contributed by atoms with Crippen molar-refractivity contribution in [3.63, 3.8) is 0 Å². The van der Waals surface area contributed by atoms with Crippen molar-refractivity contribution in [1.29, 1.82) is 5.26 Å². The fourth-order valence-electron chi connectivity index (χ4n) is 4.69. The molecule has 6 heteroatoms.